The van der Waals surface area contributed by atoms with Crippen LogP contribution >= 0.6 is 0 Å². The Morgan fingerprint density at radius 2 is 1.56 bits per heavy atom. The van der Waals surface area contributed by atoms with Gasteiger partial charge < -0.3 is 36.2 Å². The molecule has 0 bridgehead atoms. The third-order valence-corrected chi connectivity index (χ3v) is 2.80. The summed E-state index contributed by atoms with van der Waals surface area (Å²) in [5, 5.41) is 35.3. The maximum absolute atomic E-state index is 11.4. The number of amides is 1. The van der Waals surface area contributed by atoms with Crippen LogP contribution in [0.5, 0.6) is 0 Å². The summed E-state index contributed by atoms with van der Waals surface area (Å²) < 4.78 is 4.79. The zero-order valence-electron chi connectivity index (χ0n) is 13.5. The molecule has 0 spiro atoms. The number of carbonyl (C=O) groups excluding carboxylic acids is 1. The van der Waals surface area contributed by atoms with Crippen molar-refractivity contribution in [2.24, 2.45) is 5.73 Å². The van der Waals surface area contributed by atoms with Crippen LogP contribution in [0.15, 0.2) is 30.3 Å². The summed E-state index contributed by atoms with van der Waals surface area (Å²) >= 11 is 0. The zero-order valence-corrected chi connectivity index (χ0v) is 13.5. The monoisotopic (exact) mass is 358 g/mol. The number of hydrogen-bond acceptors (Lipinski definition) is 7. The summed E-state index contributed by atoms with van der Waals surface area (Å²) in [4.78, 5) is 30.9. The molecule has 0 radical (unpaired) electrons. The van der Waals surface area contributed by atoms with E-state index in [0.29, 0.717) is 6.54 Å². The number of rotatable bonds is 8. The van der Waals surface area contributed by atoms with Gasteiger partial charge in [0.25, 0.3) is 0 Å². The number of nitrogens with one attached hydrogen (secondary N) is 1. The molecule has 3 atom stereocenters. The van der Waals surface area contributed by atoms with E-state index < -0.39 is 30.2 Å². The molecule has 1 aromatic carbocycles. The molecule has 1 aromatic rings. The van der Waals surface area contributed by atoms with Gasteiger partial charge in [-0.3, -0.25) is 4.79 Å². The molecular weight excluding hydrogens is 336 g/mol. The summed E-state index contributed by atoms with van der Waals surface area (Å²) in [6.07, 6.45) is -4.53. The second-order valence-corrected chi connectivity index (χ2v) is 4.83. The molecule has 10 nitrogen and oxygen atoms in total. The van der Waals surface area contributed by atoms with Gasteiger partial charge in [-0.15, -0.1) is 0 Å². The maximum atomic E-state index is 11.4. The van der Waals surface area contributed by atoms with E-state index in [1.54, 1.807) is 0 Å². The highest BCUT2D eigenvalue weighted by molar-refractivity contribution is 5.83. The lowest BCUT2D eigenvalue weighted by atomic mass is 10.2. The van der Waals surface area contributed by atoms with Crippen LogP contribution in [-0.2, 0) is 25.7 Å². The van der Waals surface area contributed by atoms with Gasteiger partial charge in [-0.25, -0.2) is 9.59 Å². The molecular formula is C15H22N2O8. The first-order valence-electron chi connectivity index (χ1n) is 7.08. The summed E-state index contributed by atoms with van der Waals surface area (Å²) in [5.74, 6) is -3.73. The SMILES string of the molecule is COCC(N)C(=O)NCc1ccccc1.O=C(O)C(O)C(O)C(=O)O. The molecule has 0 aromatic heterocycles. The molecule has 0 fully saturated rings. The van der Waals surface area contributed by atoms with Crippen molar-refractivity contribution in [3.8, 4) is 0 Å². The fourth-order valence-electron chi connectivity index (χ4n) is 1.44. The van der Waals surface area contributed by atoms with E-state index >= 15 is 0 Å². The maximum Gasteiger partial charge on any atom is 0.335 e. The van der Waals surface area contributed by atoms with Crippen LogP contribution < -0.4 is 11.1 Å². The van der Waals surface area contributed by atoms with Crippen molar-refractivity contribution in [2.45, 2.75) is 24.8 Å². The molecule has 1 amide bonds. The van der Waals surface area contributed by atoms with Gasteiger partial charge in [0, 0.05) is 13.7 Å². The topological polar surface area (TPSA) is 179 Å². The molecule has 140 valence electrons. The highest BCUT2D eigenvalue weighted by atomic mass is 16.5. The second kappa shape index (κ2) is 11.9. The lowest BCUT2D eigenvalue weighted by Gasteiger charge is -2.10. The lowest BCUT2D eigenvalue weighted by Crippen LogP contribution is -2.43. The number of hydrogen-bond donors (Lipinski definition) is 6. The van der Waals surface area contributed by atoms with Gasteiger partial charge in [0.1, 0.15) is 6.04 Å². The van der Waals surface area contributed by atoms with Gasteiger partial charge in [0.15, 0.2) is 12.2 Å². The van der Waals surface area contributed by atoms with Crippen molar-refractivity contribution in [3.05, 3.63) is 35.9 Å². The van der Waals surface area contributed by atoms with Gasteiger partial charge in [0.05, 0.1) is 6.61 Å². The van der Waals surface area contributed by atoms with Crippen LogP contribution in [0.3, 0.4) is 0 Å². The van der Waals surface area contributed by atoms with Crippen LogP contribution in [0.4, 0.5) is 0 Å². The van der Waals surface area contributed by atoms with Crippen molar-refractivity contribution < 1.29 is 39.5 Å². The predicted molar refractivity (Wildman–Crippen MR) is 85.4 cm³/mol. The van der Waals surface area contributed by atoms with Gasteiger partial charge in [0.2, 0.25) is 5.91 Å². The first-order chi connectivity index (χ1) is 11.7. The van der Waals surface area contributed by atoms with Crippen molar-refractivity contribution in [1.82, 2.24) is 5.32 Å². The Labute approximate surface area is 143 Å². The molecule has 0 aliphatic carbocycles. The molecule has 1 rings (SSSR count). The van der Waals surface area contributed by atoms with Crippen LogP contribution in [0, 0.1) is 0 Å². The minimum Gasteiger partial charge on any atom is -0.479 e. The molecule has 0 aliphatic heterocycles. The first kappa shape index (κ1) is 22.5. The van der Waals surface area contributed by atoms with Gasteiger partial charge >= 0.3 is 11.9 Å². The molecule has 25 heavy (non-hydrogen) atoms. The van der Waals surface area contributed by atoms with Crippen LogP contribution in [0.2, 0.25) is 0 Å². The van der Waals surface area contributed by atoms with E-state index in [4.69, 9.17) is 30.9 Å². The minimum absolute atomic E-state index is 0.194. The molecule has 0 heterocycles. The highest BCUT2D eigenvalue weighted by Crippen LogP contribution is 1.97. The number of aliphatic carboxylic acids is 2. The molecule has 0 saturated heterocycles. The summed E-state index contributed by atoms with van der Waals surface area (Å²) in [6, 6.07) is 9.08. The van der Waals surface area contributed by atoms with Gasteiger partial charge in [-0.2, -0.15) is 0 Å². The molecule has 10 heteroatoms. The average Bonchev–Trinajstić information content (AvgIpc) is 2.59. The van der Waals surface area contributed by atoms with E-state index in [1.807, 2.05) is 30.3 Å². The number of carboxylic acids is 2. The lowest BCUT2D eigenvalue weighted by molar-refractivity contribution is -0.165. The Morgan fingerprint density at radius 3 is 1.96 bits per heavy atom. The number of benzene rings is 1. The van der Waals surface area contributed by atoms with Crippen molar-refractivity contribution in [3.63, 3.8) is 0 Å². The Morgan fingerprint density at radius 1 is 1.08 bits per heavy atom. The first-order valence-corrected chi connectivity index (χ1v) is 7.08. The second-order valence-electron chi connectivity index (χ2n) is 4.83. The standard InChI is InChI=1S/C11H16N2O2.C4H6O6/c1-15-8-10(12)11(14)13-7-9-5-3-2-4-6-9;5-1(3(7)8)2(6)4(9)10/h2-6,10H,7-8,12H2,1H3,(H,13,14);1-2,5-6H,(H,7,8)(H,9,10). The quantitative estimate of drug-likeness (QED) is 0.311. The van der Waals surface area contributed by atoms with E-state index in [0.717, 1.165) is 5.56 Å². The number of aliphatic hydroxyl groups excluding tert-OH is 2. The number of nitrogens with two attached hydrogens (primary N) is 1. The number of ether oxygens (including phenoxy) is 1. The predicted octanol–water partition coefficient (Wildman–Crippen LogP) is -1.85. The average molecular weight is 358 g/mol. The highest BCUT2D eigenvalue weighted by Gasteiger charge is 2.29. The zero-order chi connectivity index (χ0) is 19.4. The van der Waals surface area contributed by atoms with Crippen LogP contribution in [0.1, 0.15) is 5.56 Å². The summed E-state index contributed by atoms with van der Waals surface area (Å²) in [6.45, 7) is 0.734. The number of carboxylic acid groups (broad SMARTS) is 2. The summed E-state index contributed by atoms with van der Waals surface area (Å²) in [7, 11) is 1.52. The number of methoxy groups -OCH3 is 1. The van der Waals surface area contributed by atoms with Crippen molar-refractivity contribution >= 4 is 17.8 Å². The third-order valence-electron chi connectivity index (χ3n) is 2.80. The van der Waals surface area contributed by atoms with Crippen molar-refractivity contribution in [2.75, 3.05) is 13.7 Å². The molecule has 3 unspecified atom stereocenters. The number of aliphatic hydroxyl groups is 2. The minimum atomic E-state index is -2.27. The van der Waals surface area contributed by atoms with E-state index in [2.05, 4.69) is 5.32 Å². The van der Waals surface area contributed by atoms with E-state index in [9.17, 15) is 14.4 Å². The van der Waals surface area contributed by atoms with Crippen LogP contribution in [-0.4, -0.2) is 70.2 Å². The molecule has 0 aliphatic rings. The Balaban J connectivity index is 0.000000504. The summed E-state index contributed by atoms with van der Waals surface area (Å²) in [5.41, 5.74) is 6.61. The Hall–Kier alpha value is -2.53. The van der Waals surface area contributed by atoms with Gasteiger partial charge in [-0.05, 0) is 5.56 Å². The molecule has 0 saturated carbocycles. The fraction of sp³-hybridized carbons (Fsp3) is 0.400. The Kier molecular flexibility index (Phi) is 10.7. The number of carbonyl (C=O) groups is 3. The molecule has 7 N–H and O–H groups in total. The Bertz CT molecular complexity index is 534. The van der Waals surface area contributed by atoms with Gasteiger partial charge in [-0.1, -0.05) is 30.3 Å². The van der Waals surface area contributed by atoms with Crippen LogP contribution in [0.25, 0.3) is 0 Å². The smallest absolute Gasteiger partial charge is 0.335 e. The third kappa shape index (κ3) is 9.37. The van der Waals surface area contributed by atoms with E-state index in [-0.39, 0.29) is 12.5 Å². The normalized spacial score (nSPS) is 13.6. The van der Waals surface area contributed by atoms with Crippen molar-refractivity contribution in [1.29, 1.82) is 0 Å². The fourth-order valence-corrected chi connectivity index (χ4v) is 1.44. The van der Waals surface area contributed by atoms with E-state index in [1.165, 1.54) is 7.11 Å². The largest absolute Gasteiger partial charge is 0.479 e.